The van der Waals surface area contributed by atoms with E-state index < -0.39 is 0 Å². The lowest BCUT2D eigenvalue weighted by molar-refractivity contribution is 0.0757. The van der Waals surface area contributed by atoms with Gasteiger partial charge >= 0.3 is 0 Å². The molecule has 5 nitrogen and oxygen atoms in total. The summed E-state index contributed by atoms with van der Waals surface area (Å²) in [5.41, 5.74) is 2.49. The molecule has 5 heteroatoms. The Bertz CT molecular complexity index is 796. The zero-order valence-corrected chi connectivity index (χ0v) is 15.0. The van der Waals surface area contributed by atoms with Crippen LogP contribution in [0.1, 0.15) is 27.9 Å². The molecular weight excluding hydrogens is 326 g/mol. The highest BCUT2D eigenvalue weighted by molar-refractivity contribution is 5.97. The molecule has 1 amide bonds. The Hall–Kier alpha value is -2.84. The summed E-state index contributed by atoms with van der Waals surface area (Å²) in [6, 6.07) is 17.2. The van der Waals surface area contributed by atoms with E-state index in [-0.39, 0.29) is 5.91 Å². The zero-order chi connectivity index (χ0) is 18.4. The maximum atomic E-state index is 12.9. The molecule has 0 spiro atoms. The van der Waals surface area contributed by atoms with Gasteiger partial charge in [0.2, 0.25) is 0 Å². The second-order valence-corrected chi connectivity index (χ2v) is 6.43. The monoisotopic (exact) mass is 349 g/mol. The third-order valence-corrected chi connectivity index (χ3v) is 4.70. The molecule has 2 aromatic rings. The van der Waals surface area contributed by atoms with Crippen LogP contribution in [-0.2, 0) is 6.54 Å². The summed E-state index contributed by atoms with van der Waals surface area (Å²) in [7, 11) is 1.59. The molecule has 3 rings (SSSR count). The number of hydrogen-bond donors (Lipinski definition) is 0. The van der Waals surface area contributed by atoms with E-state index >= 15 is 0 Å². The lowest BCUT2D eigenvalue weighted by Gasteiger charge is -2.23. The molecule has 0 unspecified atom stereocenters. The summed E-state index contributed by atoms with van der Waals surface area (Å²) in [5, 5.41) is 8.89. The number of benzene rings is 2. The van der Waals surface area contributed by atoms with Gasteiger partial charge in [-0.25, -0.2) is 0 Å². The molecule has 0 N–H and O–H groups in total. The van der Waals surface area contributed by atoms with Crippen molar-refractivity contribution < 1.29 is 9.53 Å². The van der Waals surface area contributed by atoms with E-state index in [1.165, 1.54) is 5.56 Å². The lowest BCUT2D eigenvalue weighted by atomic mass is 10.1. The fourth-order valence-corrected chi connectivity index (χ4v) is 3.27. The molecule has 0 atom stereocenters. The Balaban J connectivity index is 1.62. The number of hydrogen-bond acceptors (Lipinski definition) is 4. The van der Waals surface area contributed by atoms with Crippen LogP contribution in [0.5, 0.6) is 5.75 Å². The molecule has 0 radical (unpaired) electrons. The van der Waals surface area contributed by atoms with Gasteiger partial charge in [0.15, 0.2) is 0 Å². The summed E-state index contributed by atoms with van der Waals surface area (Å²) in [4.78, 5) is 17.1. The number of nitrogens with zero attached hydrogens (tertiary/aromatic N) is 3. The van der Waals surface area contributed by atoms with Crippen molar-refractivity contribution >= 4 is 5.91 Å². The van der Waals surface area contributed by atoms with Crippen molar-refractivity contribution in [2.75, 3.05) is 33.3 Å². The molecule has 26 heavy (non-hydrogen) atoms. The van der Waals surface area contributed by atoms with E-state index in [9.17, 15) is 4.79 Å². The molecule has 2 aromatic carbocycles. The summed E-state index contributed by atoms with van der Waals surface area (Å²) >= 11 is 0. The van der Waals surface area contributed by atoms with Gasteiger partial charge in [-0.1, -0.05) is 24.3 Å². The lowest BCUT2D eigenvalue weighted by Crippen LogP contribution is -2.35. The molecular formula is C21H23N3O2. The fraction of sp³-hybridized carbons (Fsp3) is 0.333. The number of para-hydroxylation sites is 1. The molecule has 0 bridgehead atoms. The van der Waals surface area contributed by atoms with Gasteiger partial charge in [-0.05, 0) is 36.2 Å². The van der Waals surface area contributed by atoms with Crippen LogP contribution in [0.4, 0.5) is 0 Å². The number of nitriles is 1. The molecule has 0 saturated carbocycles. The molecule has 0 aliphatic carbocycles. The minimum atomic E-state index is 0.0303. The third-order valence-electron chi connectivity index (χ3n) is 4.70. The molecule has 1 fully saturated rings. The fourth-order valence-electron chi connectivity index (χ4n) is 3.27. The predicted molar refractivity (Wildman–Crippen MR) is 99.9 cm³/mol. The first-order valence-corrected chi connectivity index (χ1v) is 8.85. The SMILES string of the molecule is COc1ccccc1C(=O)N1CCCN(Cc2ccc(C#N)cc2)CC1. The van der Waals surface area contributed by atoms with Gasteiger partial charge in [0, 0.05) is 32.7 Å². The topological polar surface area (TPSA) is 56.6 Å². The number of amides is 1. The van der Waals surface area contributed by atoms with Gasteiger partial charge in [0.25, 0.3) is 5.91 Å². The Morgan fingerprint density at radius 3 is 2.58 bits per heavy atom. The van der Waals surface area contributed by atoms with Crippen LogP contribution in [0.3, 0.4) is 0 Å². The van der Waals surface area contributed by atoms with E-state index in [0.717, 1.165) is 32.6 Å². The first kappa shape index (κ1) is 18.0. The number of carbonyl (C=O) groups excluding carboxylic acids is 1. The van der Waals surface area contributed by atoms with E-state index in [1.54, 1.807) is 7.11 Å². The van der Waals surface area contributed by atoms with Crippen molar-refractivity contribution in [3.63, 3.8) is 0 Å². The maximum absolute atomic E-state index is 12.9. The molecule has 0 aromatic heterocycles. The van der Waals surface area contributed by atoms with Crippen LogP contribution < -0.4 is 4.74 Å². The largest absolute Gasteiger partial charge is 0.496 e. The first-order chi connectivity index (χ1) is 12.7. The standard InChI is InChI=1S/C21H23N3O2/c1-26-20-6-3-2-5-19(20)21(25)24-12-4-11-23(13-14-24)16-18-9-7-17(15-22)8-10-18/h2-3,5-10H,4,11-14,16H2,1H3. The smallest absolute Gasteiger partial charge is 0.257 e. The second-order valence-electron chi connectivity index (χ2n) is 6.43. The van der Waals surface area contributed by atoms with Crippen LogP contribution in [0.2, 0.25) is 0 Å². The highest BCUT2D eigenvalue weighted by Gasteiger charge is 2.22. The zero-order valence-electron chi connectivity index (χ0n) is 15.0. The van der Waals surface area contributed by atoms with E-state index in [4.69, 9.17) is 10.00 Å². The van der Waals surface area contributed by atoms with E-state index in [2.05, 4.69) is 11.0 Å². The van der Waals surface area contributed by atoms with Crippen LogP contribution in [0.15, 0.2) is 48.5 Å². The second kappa shape index (κ2) is 8.50. The molecule has 1 aliphatic heterocycles. The summed E-state index contributed by atoms with van der Waals surface area (Å²) in [5.74, 6) is 0.652. The minimum absolute atomic E-state index is 0.0303. The molecule has 134 valence electrons. The summed E-state index contributed by atoms with van der Waals surface area (Å²) < 4.78 is 5.33. The summed E-state index contributed by atoms with van der Waals surface area (Å²) in [6.07, 6.45) is 0.942. The number of methoxy groups -OCH3 is 1. The Morgan fingerprint density at radius 1 is 1.08 bits per heavy atom. The van der Waals surface area contributed by atoms with Crippen molar-refractivity contribution in [1.82, 2.24) is 9.80 Å². The highest BCUT2D eigenvalue weighted by Crippen LogP contribution is 2.20. The maximum Gasteiger partial charge on any atom is 0.257 e. The van der Waals surface area contributed by atoms with E-state index in [0.29, 0.717) is 23.4 Å². The van der Waals surface area contributed by atoms with Crippen LogP contribution in [0.25, 0.3) is 0 Å². The molecule has 1 aliphatic rings. The van der Waals surface area contributed by atoms with Crippen LogP contribution >= 0.6 is 0 Å². The van der Waals surface area contributed by atoms with Crippen molar-refractivity contribution in [3.8, 4) is 11.8 Å². The van der Waals surface area contributed by atoms with E-state index in [1.807, 2.05) is 53.4 Å². The van der Waals surface area contributed by atoms with Crippen molar-refractivity contribution in [1.29, 1.82) is 5.26 Å². The average Bonchev–Trinajstić information content (AvgIpc) is 2.93. The number of ether oxygens (including phenoxy) is 1. The van der Waals surface area contributed by atoms with Gasteiger partial charge in [-0.3, -0.25) is 9.69 Å². The summed E-state index contributed by atoms with van der Waals surface area (Å²) in [6.45, 7) is 4.08. The quantitative estimate of drug-likeness (QED) is 0.852. The van der Waals surface area contributed by atoms with Gasteiger partial charge in [0.1, 0.15) is 5.75 Å². The Kier molecular flexibility index (Phi) is 5.88. The van der Waals surface area contributed by atoms with Crippen molar-refractivity contribution in [3.05, 3.63) is 65.2 Å². The third kappa shape index (κ3) is 4.22. The number of rotatable bonds is 4. The predicted octanol–water partition coefficient (Wildman–Crippen LogP) is 2.91. The van der Waals surface area contributed by atoms with Gasteiger partial charge in [-0.15, -0.1) is 0 Å². The van der Waals surface area contributed by atoms with Gasteiger partial charge in [-0.2, -0.15) is 5.26 Å². The van der Waals surface area contributed by atoms with Crippen LogP contribution in [-0.4, -0.2) is 49.0 Å². The Labute approximate surface area is 154 Å². The molecule has 1 heterocycles. The van der Waals surface area contributed by atoms with Gasteiger partial charge < -0.3 is 9.64 Å². The van der Waals surface area contributed by atoms with Crippen molar-refractivity contribution in [2.45, 2.75) is 13.0 Å². The van der Waals surface area contributed by atoms with Crippen LogP contribution in [0, 0.1) is 11.3 Å². The average molecular weight is 349 g/mol. The normalized spacial score (nSPS) is 15.2. The van der Waals surface area contributed by atoms with Crippen molar-refractivity contribution in [2.24, 2.45) is 0 Å². The first-order valence-electron chi connectivity index (χ1n) is 8.85. The molecule has 1 saturated heterocycles. The van der Waals surface area contributed by atoms with Gasteiger partial charge in [0.05, 0.1) is 24.3 Å². The minimum Gasteiger partial charge on any atom is -0.496 e. The number of carbonyl (C=O) groups is 1. The Morgan fingerprint density at radius 2 is 1.85 bits per heavy atom. The highest BCUT2D eigenvalue weighted by atomic mass is 16.5.